The highest BCUT2D eigenvalue weighted by Crippen LogP contribution is 2.17. The van der Waals surface area contributed by atoms with Crippen molar-refractivity contribution in [1.29, 1.82) is 0 Å². The fourth-order valence-electron chi connectivity index (χ4n) is 2.35. The second kappa shape index (κ2) is 7.85. The zero-order valence-electron chi connectivity index (χ0n) is 11.9. The molecule has 0 aliphatic carbocycles. The molecule has 1 saturated heterocycles. The molecule has 112 valence electrons. The first-order valence-corrected chi connectivity index (χ1v) is 8.83. The summed E-state index contributed by atoms with van der Waals surface area (Å²) in [5.41, 5.74) is 0. The molecule has 1 fully saturated rings. The summed E-state index contributed by atoms with van der Waals surface area (Å²) in [5.74, 6) is 0.495. The molecule has 1 heterocycles. The highest BCUT2D eigenvalue weighted by atomic mass is 32.2. The van der Waals surface area contributed by atoms with Crippen LogP contribution in [0.1, 0.15) is 39.0 Å². The van der Waals surface area contributed by atoms with Gasteiger partial charge in [0.15, 0.2) is 9.84 Å². The molecule has 1 atom stereocenters. The first-order chi connectivity index (χ1) is 8.94. The Morgan fingerprint density at radius 3 is 2.63 bits per heavy atom. The van der Waals surface area contributed by atoms with Crippen LogP contribution in [0.3, 0.4) is 0 Å². The Hall–Kier alpha value is -0.620. The van der Waals surface area contributed by atoms with Gasteiger partial charge in [0, 0.05) is 12.5 Å². The van der Waals surface area contributed by atoms with E-state index in [1.165, 1.54) is 0 Å². The van der Waals surface area contributed by atoms with Gasteiger partial charge in [-0.25, -0.2) is 8.42 Å². The van der Waals surface area contributed by atoms with Gasteiger partial charge < -0.3 is 9.64 Å². The van der Waals surface area contributed by atoms with Gasteiger partial charge in [0.05, 0.1) is 18.1 Å². The Balaban J connectivity index is 2.08. The number of carbonyl (C=O) groups excluding carboxylic acids is 1. The smallest absolute Gasteiger partial charge is 0.305 e. The van der Waals surface area contributed by atoms with E-state index in [9.17, 15) is 13.2 Å². The van der Waals surface area contributed by atoms with E-state index < -0.39 is 9.84 Å². The van der Waals surface area contributed by atoms with E-state index in [0.717, 1.165) is 32.2 Å². The third kappa shape index (κ3) is 6.38. The van der Waals surface area contributed by atoms with E-state index in [0.29, 0.717) is 24.5 Å². The van der Waals surface area contributed by atoms with Crippen molar-refractivity contribution >= 4 is 15.8 Å². The first-order valence-electron chi connectivity index (χ1n) is 7.01. The van der Waals surface area contributed by atoms with Crippen LogP contribution in [0.25, 0.3) is 0 Å². The van der Waals surface area contributed by atoms with Crippen molar-refractivity contribution in [3.63, 3.8) is 0 Å². The van der Waals surface area contributed by atoms with Crippen LogP contribution in [-0.4, -0.2) is 57.0 Å². The number of nitrogens with zero attached hydrogens (tertiary/aromatic N) is 1. The summed E-state index contributed by atoms with van der Waals surface area (Å²) < 4.78 is 27.6. The van der Waals surface area contributed by atoms with E-state index in [2.05, 4.69) is 4.90 Å². The van der Waals surface area contributed by atoms with Crippen LogP contribution in [0.15, 0.2) is 0 Å². The highest BCUT2D eigenvalue weighted by molar-refractivity contribution is 7.91. The number of rotatable bonds is 8. The molecule has 0 aromatic rings. The summed E-state index contributed by atoms with van der Waals surface area (Å²) in [6.07, 6.45) is 4.04. The van der Waals surface area contributed by atoms with Gasteiger partial charge in [-0.2, -0.15) is 0 Å². The van der Waals surface area contributed by atoms with Crippen LogP contribution >= 0.6 is 0 Å². The molecule has 1 unspecified atom stereocenters. The van der Waals surface area contributed by atoms with Gasteiger partial charge in [-0.3, -0.25) is 4.79 Å². The zero-order chi connectivity index (χ0) is 14.3. The Bertz CT molecular complexity index is 380. The summed E-state index contributed by atoms with van der Waals surface area (Å²) in [5, 5.41) is 0. The summed E-state index contributed by atoms with van der Waals surface area (Å²) >= 11 is 0. The van der Waals surface area contributed by atoms with Crippen molar-refractivity contribution < 1.29 is 17.9 Å². The second-order valence-corrected chi connectivity index (χ2v) is 7.38. The predicted molar refractivity (Wildman–Crippen MR) is 74.8 cm³/mol. The largest absolute Gasteiger partial charge is 0.466 e. The Labute approximate surface area is 116 Å². The van der Waals surface area contributed by atoms with Crippen molar-refractivity contribution in [1.82, 2.24) is 4.90 Å². The number of sulfone groups is 1. The Kier molecular flexibility index (Phi) is 6.79. The summed E-state index contributed by atoms with van der Waals surface area (Å²) in [4.78, 5) is 13.3. The van der Waals surface area contributed by atoms with Gasteiger partial charge in [0.2, 0.25) is 0 Å². The van der Waals surface area contributed by atoms with Crippen LogP contribution in [0.2, 0.25) is 0 Å². The lowest BCUT2D eigenvalue weighted by Gasteiger charge is -2.22. The molecule has 5 nitrogen and oxygen atoms in total. The van der Waals surface area contributed by atoms with Crippen molar-refractivity contribution in [2.45, 2.75) is 45.1 Å². The van der Waals surface area contributed by atoms with Gasteiger partial charge in [-0.1, -0.05) is 6.42 Å². The van der Waals surface area contributed by atoms with Crippen LogP contribution in [0.5, 0.6) is 0 Å². The Morgan fingerprint density at radius 2 is 2.05 bits per heavy atom. The molecule has 0 bridgehead atoms. The topological polar surface area (TPSA) is 63.7 Å². The lowest BCUT2D eigenvalue weighted by Crippen LogP contribution is -2.33. The van der Waals surface area contributed by atoms with Gasteiger partial charge >= 0.3 is 5.97 Å². The molecule has 0 radical (unpaired) electrons. The number of unbranched alkanes of at least 4 members (excludes halogenated alkanes) is 2. The minimum Gasteiger partial charge on any atom is -0.466 e. The molecule has 0 N–H and O–H groups in total. The minimum atomic E-state index is -2.80. The van der Waals surface area contributed by atoms with Crippen LogP contribution in [-0.2, 0) is 19.4 Å². The fraction of sp³-hybridized carbons (Fsp3) is 0.923. The van der Waals surface area contributed by atoms with Crippen molar-refractivity contribution in [3.05, 3.63) is 0 Å². The number of hydrogen-bond acceptors (Lipinski definition) is 5. The van der Waals surface area contributed by atoms with Gasteiger partial charge in [-0.05, 0) is 39.8 Å². The van der Waals surface area contributed by atoms with E-state index in [-0.39, 0.29) is 12.0 Å². The average Bonchev–Trinajstić information content (AvgIpc) is 2.69. The number of hydrogen-bond donors (Lipinski definition) is 0. The third-order valence-corrected chi connectivity index (χ3v) is 5.28. The summed E-state index contributed by atoms with van der Waals surface area (Å²) in [6.45, 7) is 3.14. The standard InChI is InChI=1S/C13H25NO4S/c1-3-18-13(15)7-5-4-6-9-14(2)12-8-10-19(16,17)11-12/h12H,3-11H2,1-2H3. The number of carbonyl (C=O) groups is 1. The highest BCUT2D eigenvalue weighted by Gasteiger charge is 2.30. The first kappa shape index (κ1) is 16.4. The van der Waals surface area contributed by atoms with Gasteiger partial charge in [0.1, 0.15) is 0 Å². The average molecular weight is 291 g/mol. The monoisotopic (exact) mass is 291 g/mol. The molecule has 6 heteroatoms. The maximum absolute atomic E-state index is 11.4. The lowest BCUT2D eigenvalue weighted by molar-refractivity contribution is -0.143. The minimum absolute atomic E-state index is 0.127. The Morgan fingerprint density at radius 1 is 1.32 bits per heavy atom. The summed E-state index contributed by atoms with van der Waals surface area (Å²) in [7, 11) is -0.813. The maximum Gasteiger partial charge on any atom is 0.305 e. The molecule has 1 aliphatic rings. The zero-order valence-corrected chi connectivity index (χ0v) is 12.7. The summed E-state index contributed by atoms with van der Waals surface area (Å²) in [6, 6.07) is 0.176. The van der Waals surface area contributed by atoms with Crippen LogP contribution in [0, 0.1) is 0 Å². The maximum atomic E-state index is 11.4. The molecule has 1 aliphatic heterocycles. The van der Waals surface area contributed by atoms with Crippen LogP contribution in [0.4, 0.5) is 0 Å². The second-order valence-electron chi connectivity index (χ2n) is 5.15. The molecule has 0 aromatic carbocycles. The molecule has 19 heavy (non-hydrogen) atoms. The van der Waals surface area contributed by atoms with Gasteiger partial charge in [0.25, 0.3) is 0 Å². The molecular weight excluding hydrogens is 266 g/mol. The fourth-order valence-corrected chi connectivity index (χ4v) is 4.15. The van der Waals surface area contributed by atoms with Crippen molar-refractivity contribution in [2.24, 2.45) is 0 Å². The molecule has 0 saturated carbocycles. The molecule has 1 rings (SSSR count). The van der Waals surface area contributed by atoms with E-state index >= 15 is 0 Å². The van der Waals surface area contributed by atoms with Crippen LogP contribution < -0.4 is 0 Å². The van der Waals surface area contributed by atoms with Crippen molar-refractivity contribution in [2.75, 3.05) is 31.7 Å². The van der Waals surface area contributed by atoms with E-state index in [4.69, 9.17) is 4.74 Å². The van der Waals surface area contributed by atoms with Crippen molar-refractivity contribution in [3.8, 4) is 0 Å². The van der Waals surface area contributed by atoms with Gasteiger partial charge in [-0.15, -0.1) is 0 Å². The molecular formula is C13H25NO4S. The quantitative estimate of drug-likeness (QED) is 0.497. The predicted octanol–water partition coefficient (Wildman–Crippen LogP) is 1.23. The van der Waals surface area contributed by atoms with E-state index in [1.54, 1.807) is 0 Å². The molecule has 0 aromatic heterocycles. The number of esters is 1. The lowest BCUT2D eigenvalue weighted by atomic mass is 10.1. The molecule has 0 amide bonds. The number of ether oxygens (including phenoxy) is 1. The van der Waals surface area contributed by atoms with E-state index in [1.807, 2.05) is 14.0 Å². The normalized spacial score (nSPS) is 21.7. The SMILES string of the molecule is CCOC(=O)CCCCCN(C)C1CCS(=O)(=O)C1. The molecule has 0 spiro atoms. The third-order valence-electron chi connectivity index (χ3n) is 3.53.